The van der Waals surface area contributed by atoms with Crippen molar-refractivity contribution < 1.29 is 14.3 Å². The lowest BCUT2D eigenvalue weighted by Crippen LogP contribution is -2.37. The third-order valence-corrected chi connectivity index (χ3v) is 5.42. The van der Waals surface area contributed by atoms with Gasteiger partial charge in [-0.2, -0.15) is 0 Å². The zero-order valence-corrected chi connectivity index (χ0v) is 16.5. The molecule has 1 aromatic carbocycles. The Morgan fingerprint density at radius 3 is 2.20 bits per heavy atom. The maximum atomic E-state index is 12.5. The molecule has 0 heterocycles. The molecule has 0 aromatic heterocycles. The molecule has 0 unspecified atom stereocenters. The van der Waals surface area contributed by atoms with Gasteiger partial charge in [0.1, 0.15) is 6.10 Å². The van der Waals surface area contributed by atoms with Crippen LogP contribution in [0.4, 0.5) is 0 Å². The number of hydrogen-bond acceptors (Lipinski definition) is 3. The molecule has 0 N–H and O–H groups in total. The lowest BCUT2D eigenvalue weighted by molar-refractivity contribution is -0.149. The van der Waals surface area contributed by atoms with Gasteiger partial charge in [0.15, 0.2) is 0 Å². The fourth-order valence-electron chi connectivity index (χ4n) is 3.68. The monoisotopic (exact) mass is 344 g/mol. The summed E-state index contributed by atoms with van der Waals surface area (Å²) in [5, 5.41) is 0. The van der Waals surface area contributed by atoms with E-state index >= 15 is 0 Å². The first-order valence-corrected chi connectivity index (χ1v) is 9.45. The Morgan fingerprint density at radius 2 is 1.68 bits per heavy atom. The van der Waals surface area contributed by atoms with Crippen LogP contribution in [0.1, 0.15) is 76.7 Å². The molecular formula is C22H32O3. The molecule has 25 heavy (non-hydrogen) atoms. The highest BCUT2D eigenvalue weighted by atomic mass is 16.5. The SMILES string of the molecule is CC(C)[C@@H]1CC[C@@H](C)C[C@@H]1OC(=O)C(=O)c1ccc(C(C)(C)C)cc1. The first kappa shape index (κ1) is 19.7. The first-order valence-electron chi connectivity index (χ1n) is 9.45. The molecule has 1 aromatic rings. The van der Waals surface area contributed by atoms with Crippen molar-refractivity contribution in [3.05, 3.63) is 35.4 Å². The van der Waals surface area contributed by atoms with Gasteiger partial charge in [-0.3, -0.25) is 4.79 Å². The van der Waals surface area contributed by atoms with Crippen molar-refractivity contribution in [1.29, 1.82) is 0 Å². The summed E-state index contributed by atoms with van der Waals surface area (Å²) in [7, 11) is 0. The van der Waals surface area contributed by atoms with Crippen LogP contribution in [-0.2, 0) is 14.9 Å². The average Bonchev–Trinajstić information content (AvgIpc) is 2.53. The molecule has 2 rings (SSSR count). The Labute approximate surface area is 152 Å². The van der Waals surface area contributed by atoms with E-state index in [1.54, 1.807) is 12.1 Å². The number of esters is 1. The van der Waals surface area contributed by atoms with E-state index in [2.05, 4.69) is 41.5 Å². The summed E-state index contributed by atoms with van der Waals surface area (Å²) in [6.07, 6.45) is 2.93. The van der Waals surface area contributed by atoms with Crippen LogP contribution >= 0.6 is 0 Å². The van der Waals surface area contributed by atoms with Crippen molar-refractivity contribution in [2.24, 2.45) is 17.8 Å². The van der Waals surface area contributed by atoms with E-state index in [-0.39, 0.29) is 11.5 Å². The van der Waals surface area contributed by atoms with Crippen molar-refractivity contribution in [1.82, 2.24) is 0 Å². The molecule has 138 valence electrons. The molecule has 3 atom stereocenters. The Bertz CT molecular complexity index is 607. The number of benzene rings is 1. The molecule has 1 saturated carbocycles. The predicted molar refractivity (Wildman–Crippen MR) is 101 cm³/mol. The van der Waals surface area contributed by atoms with Gasteiger partial charge < -0.3 is 4.74 Å². The third kappa shape index (κ3) is 4.93. The fraction of sp³-hybridized carbons (Fsp3) is 0.636. The van der Waals surface area contributed by atoms with E-state index in [1.807, 2.05) is 12.1 Å². The first-order chi connectivity index (χ1) is 11.6. The summed E-state index contributed by atoms with van der Waals surface area (Å²) in [5.74, 6) is 0.0751. The van der Waals surface area contributed by atoms with Crippen LogP contribution in [0.25, 0.3) is 0 Å². The molecule has 0 amide bonds. The van der Waals surface area contributed by atoms with E-state index in [1.165, 1.54) is 6.42 Å². The number of ether oxygens (including phenoxy) is 1. The van der Waals surface area contributed by atoms with Crippen LogP contribution in [0.15, 0.2) is 24.3 Å². The highest BCUT2D eigenvalue weighted by molar-refractivity contribution is 6.40. The smallest absolute Gasteiger partial charge is 0.379 e. The summed E-state index contributed by atoms with van der Waals surface area (Å²) in [5.41, 5.74) is 1.56. The topological polar surface area (TPSA) is 43.4 Å². The van der Waals surface area contributed by atoms with Crippen molar-refractivity contribution in [3.8, 4) is 0 Å². The summed E-state index contributed by atoms with van der Waals surface area (Å²) >= 11 is 0. The second kappa shape index (κ2) is 7.72. The molecule has 1 aliphatic carbocycles. The normalized spacial score (nSPS) is 24.2. The Balaban J connectivity index is 2.07. The zero-order valence-electron chi connectivity index (χ0n) is 16.5. The maximum absolute atomic E-state index is 12.5. The van der Waals surface area contributed by atoms with Gasteiger partial charge in [-0.25, -0.2) is 4.79 Å². The molecular weight excluding hydrogens is 312 g/mol. The number of carbonyl (C=O) groups is 2. The minimum Gasteiger partial charge on any atom is -0.456 e. The van der Waals surface area contributed by atoms with Gasteiger partial charge in [0, 0.05) is 5.56 Å². The molecule has 0 bridgehead atoms. The molecule has 3 nitrogen and oxygen atoms in total. The van der Waals surface area contributed by atoms with Gasteiger partial charge in [-0.15, -0.1) is 0 Å². The Morgan fingerprint density at radius 1 is 1.08 bits per heavy atom. The molecule has 1 aliphatic rings. The van der Waals surface area contributed by atoms with Gasteiger partial charge in [0.2, 0.25) is 0 Å². The fourth-order valence-corrected chi connectivity index (χ4v) is 3.68. The summed E-state index contributed by atoms with van der Waals surface area (Å²) in [6.45, 7) is 12.9. The molecule has 0 saturated heterocycles. The highest BCUT2D eigenvalue weighted by Gasteiger charge is 2.34. The lowest BCUT2D eigenvalue weighted by Gasteiger charge is -2.36. The van der Waals surface area contributed by atoms with E-state index in [0.29, 0.717) is 23.3 Å². The van der Waals surface area contributed by atoms with Crippen LogP contribution < -0.4 is 0 Å². The van der Waals surface area contributed by atoms with Crippen LogP contribution in [0.5, 0.6) is 0 Å². The molecule has 0 spiro atoms. The van der Waals surface area contributed by atoms with Crippen LogP contribution in [-0.4, -0.2) is 17.9 Å². The predicted octanol–water partition coefficient (Wildman–Crippen LogP) is 5.17. The van der Waals surface area contributed by atoms with Crippen LogP contribution in [0, 0.1) is 17.8 Å². The molecule has 0 radical (unpaired) electrons. The zero-order chi connectivity index (χ0) is 18.8. The summed E-state index contributed by atoms with van der Waals surface area (Å²) < 4.78 is 5.66. The molecule has 3 heteroatoms. The number of Topliss-reactive ketones (excluding diaryl/α,β-unsaturated/α-hetero) is 1. The second-order valence-corrected chi connectivity index (χ2v) is 8.93. The highest BCUT2D eigenvalue weighted by Crippen LogP contribution is 2.35. The van der Waals surface area contributed by atoms with Gasteiger partial charge in [-0.1, -0.05) is 72.2 Å². The minimum atomic E-state index is -0.715. The van der Waals surface area contributed by atoms with Gasteiger partial charge in [-0.05, 0) is 41.6 Å². The Hall–Kier alpha value is -1.64. The van der Waals surface area contributed by atoms with Crippen molar-refractivity contribution in [2.75, 3.05) is 0 Å². The molecule has 0 aliphatic heterocycles. The Kier molecular flexibility index (Phi) is 6.08. The van der Waals surface area contributed by atoms with Gasteiger partial charge in [0.25, 0.3) is 5.78 Å². The van der Waals surface area contributed by atoms with Crippen molar-refractivity contribution in [3.63, 3.8) is 0 Å². The van der Waals surface area contributed by atoms with E-state index in [0.717, 1.165) is 18.4 Å². The van der Waals surface area contributed by atoms with E-state index < -0.39 is 11.8 Å². The number of rotatable bonds is 4. The van der Waals surface area contributed by atoms with Gasteiger partial charge >= 0.3 is 5.97 Å². The standard InChI is InChI=1S/C22H32O3/c1-14(2)18-12-7-15(3)13-19(18)25-21(24)20(23)16-8-10-17(11-9-16)22(4,5)6/h8-11,14-15,18-19H,7,12-13H2,1-6H3/t15-,18+,19+/m1/s1. The van der Waals surface area contributed by atoms with Crippen LogP contribution in [0.3, 0.4) is 0 Å². The van der Waals surface area contributed by atoms with E-state index in [9.17, 15) is 9.59 Å². The second-order valence-electron chi connectivity index (χ2n) is 8.93. The maximum Gasteiger partial charge on any atom is 0.379 e. The number of hydrogen-bond donors (Lipinski definition) is 0. The van der Waals surface area contributed by atoms with Crippen LogP contribution in [0.2, 0.25) is 0 Å². The minimum absolute atomic E-state index is 0.0187. The van der Waals surface area contributed by atoms with Crippen molar-refractivity contribution in [2.45, 2.75) is 72.3 Å². The summed E-state index contributed by atoms with van der Waals surface area (Å²) in [6, 6.07) is 7.29. The van der Waals surface area contributed by atoms with Crippen molar-refractivity contribution >= 4 is 11.8 Å². The number of ketones is 1. The summed E-state index contributed by atoms with van der Waals surface area (Å²) in [4.78, 5) is 24.9. The third-order valence-electron chi connectivity index (χ3n) is 5.42. The van der Waals surface area contributed by atoms with Gasteiger partial charge in [0.05, 0.1) is 0 Å². The average molecular weight is 344 g/mol. The largest absolute Gasteiger partial charge is 0.456 e. The lowest BCUT2D eigenvalue weighted by atomic mass is 9.75. The van der Waals surface area contributed by atoms with E-state index in [4.69, 9.17) is 4.74 Å². The number of carbonyl (C=O) groups excluding carboxylic acids is 2. The molecule has 1 fully saturated rings. The quantitative estimate of drug-likeness (QED) is 0.430.